The third kappa shape index (κ3) is 2.21. The van der Waals surface area contributed by atoms with E-state index in [0.717, 1.165) is 41.0 Å². The monoisotopic (exact) mass is 276 g/mol. The average Bonchev–Trinajstić information content (AvgIpc) is 2.68. The van der Waals surface area contributed by atoms with Crippen LogP contribution in [0.3, 0.4) is 0 Å². The number of aromatic amines is 1. The summed E-state index contributed by atoms with van der Waals surface area (Å²) in [5, 5.41) is 0. The molecule has 3 heterocycles. The highest BCUT2D eigenvalue weighted by Crippen LogP contribution is 2.29. The first-order chi connectivity index (χ1) is 9.06. The molecule has 1 fully saturated rings. The number of fused-ring (bicyclic) bond motifs is 1. The molecule has 1 saturated heterocycles. The molecule has 2 aromatic heterocycles. The summed E-state index contributed by atoms with van der Waals surface area (Å²) in [7, 11) is 2.19. The Hall–Kier alpha value is -1.20. The molecule has 0 radical (unpaired) electrons. The number of aryl methyl sites for hydroxylation is 1. The predicted molar refractivity (Wildman–Crippen MR) is 80.0 cm³/mol. The first-order valence-corrected chi connectivity index (χ1v) is 7.25. The lowest BCUT2D eigenvalue weighted by atomic mass is 9.99. The van der Waals surface area contributed by atoms with Crippen LogP contribution < -0.4 is 0 Å². The number of pyridine rings is 1. The third-order valence-electron chi connectivity index (χ3n) is 4.25. The minimum Gasteiger partial charge on any atom is -0.329 e. The van der Waals surface area contributed by atoms with Gasteiger partial charge >= 0.3 is 0 Å². The Kier molecular flexibility index (Phi) is 3.19. The summed E-state index contributed by atoms with van der Waals surface area (Å²) in [5.74, 6) is 0. The van der Waals surface area contributed by atoms with Gasteiger partial charge in [0.1, 0.15) is 0 Å². The van der Waals surface area contributed by atoms with E-state index < -0.39 is 0 Å². The molecule has 5 heteroatoms. The number of rotatable bonds is 1. The summed E-state index contributed by atoms with van der Waals surface area (Å²) in [6.45, 7) is 5.42. The maximum atomic E-state index is 5.50. The second-order valence-electron chi connectivity index (χ2n) is 5.63. The van der Waals surface area contributed by atoms with Gasteiger partial charge < -0.3 is 9.88 Å². The highest BCUT2D eigenvalue weighted by Gasteiger charge is 2.26. The van der Waals surface area contributed by atoms with E-state index in [4.69, 9.17) is 12.2 Å². The second-order valence-corrected chi connectivity index (χ2v) is 6.02. The first kappa shape index (κ1) is 12.8. The number of nitrogens with zero attached hydrogens (tertiary/aromatic N) is 3. The van der Waals surface area contributed by atoms with Gasteiger partial charge in [0.05, 0.1) is 5.52 Å². The minimum absolute atomic E-state index is 0.460. The zero-order valence-electron chi connectivity index (χ0n) is 11.7. The van der Waals surface area contributed by atoms with Crippen molar-refractivity contribution in [2.75, 3.05) is 13.6 Å². The summed E-state index contributed by atoms with van der Waals surface area (Å²) in [4.78, 5) is 10.4. The van der Waals surface area contributed by atoms with Gasteiger partial charge in [-0.05, 0) is 58.1 Å². The van der Waals surface area contributed by atoms with Crippen molar-refractivity contribution in [2.45, 2.75) is 38.8 Å². The average molecular weight is 276 g/mol. The van der Waals surface area contributed by atoms with Gasteiger partial charge in [-0.15, -0.1) is 0 Å². The molecule has 3 rings (SSSR count). The summed E-state index contributed by atoms with van der Waals surface area (Å²) in [5.41, 5.74) is 3.09. The lowest BCUT2D eigenvalue weighted by Crippen LogP contribution is -2.38. The van der Waals surface area contributed by atoms with Crippen molar-refractivity contribution in [1.82, 2.24) is 19.4 Å². The SMILES string of the molecule is Cc1ccc2[nH]c(=S)n(C3CCN(C)C(C)C3)c2n1. The van der Waals surface area contributed by atoms with Crippen LogP contribution in [0.25, 0.3) is 11.2 Å². The van der Waals surface area contributed by atoms with Crippen LogP contribution in [0.2, 0.25) is 0 Å². The van der Waals surface area contributed by atoms with Crippen molar-refractivity contribution < 1.29 is 0 Å². The van der Waals surface area contributed by atoms with Gasteiger partial charge in [0.2, 0.25) is 0 Å². The minimum atomic E-state index is 0.460. The van der Waals surface area contributed by atoms with Crippen LogP contribution in [-0.2, 0) is 0 Å². The van der Waals surface area contributed by atoms with E-state index in [-0.39, 0.29) is 0 Å². The molecule has 1 N–H and O–H groups in total. The molecule has 1 aliphatic rings. The van der Waals surface area contributed by atoms with Gasteiger partial charge in [0.15, 0.2) is 10.4 Å². The molecular formula is C14H20N4S. The summed E-state index contributed by atoms with van der Waals surface area (Å²) in [6.07, 6.45) is 2.27. The number of aromatic nitrogens is 3. The Balaban J connectivity index is 2.07. The van der Waals surface area contributed by atoms with E-state index in [1.165, 1.54) is 0 Å². The topological polar surface area (TPSA) is 36.9 Å². The Morgan fingerprint density at radius 1 is 1.42 bits per heavy atom. The zero-order valence-corrected chi connectivity index (χ0v) is 12.5. The lowest BCUT2D eigenvalue weighted by molar-refractivity contribution is 0.158. The van der Waals surface area contributed by atoms with Gasteiger partial charge in [-0.25, -0.2) is 4.98 Å². The predicted octanol–water partition coefficient (Wildman–Crippen LogP) is 3.06. The van der Waals surface area contributed by atoms with Gasteiger partial charge in [-0.3, -0.25) is 4.57 Å². The third-order valence-corrected chi connectivity index (χ3v) is 4.55. The molecule has 19 heavy (non-hydrogen) atoms. The van der Waals surface area contributed by atoms with E-state index >= 15 is 0 Å². The van der Waals surface area contributed by atoms with Crippen LogP contribution in [0.4, 0.5) is 0 Å². The zero-order chi connectivity index (χ0) is 13.6. The van der Waals surface area contributed by atoms with Crippen LogP contribution in [-0.4, -0.2) is 39.1 Å². The molecule has 0 aromatic carbocycles. The van der Waals surface area contributed by atoms with Crippen LogP contribution in [0.1, 0.15) is 31.5 Å². The van der Waals surface area contributed by atoms with Gasteiger partial charge in [-0.2, -0.15) is 0 Å². The molecule has 2 atom stereocenters. The largest absolute Gasteiger partial charge is 0.329 e. The van der Waals surface area contributed by atoms with Gasteiger partial charge in [0.25, 0.3) is 0 Å². The number of likely N-dealkylation sites (tertiary alicyclic amines) is 1. The van der Waals surface area contributed by atoms with E-state index in [0.29, 0.717) is 12.1 Å². The van der Waals surface area contributed by atoms with Crippen LogP contribution >= 0.6 is 12.2 Å². The first-order valence-electron chi connectivity index (χ1n) is 6.84. The number of hydrogen-bond acceptors (Lipinski definition) is 3. The fraction of sp³-hybridized carbons (Fsp3) is 0.571. The molecule has 0 amide bonds. The molecular weight excluding hydrogens is 256 g/mol. The molecule has 0 spiro atoms. The Bertz CT molecular complexity index is 657. The molecule has 0 bridgehead atoms. The van der Waals surface area contributed by atoms with Crippen molar-refractivity contribution in [3.8, 4) is 0 Å². The van der Waals surface area contributed by atoms with Crippen LogP contribution in [0.5, 0.6) is 0 Å². The van der Waals surface area contributed by atoms with Crippen molar-refractivity contribution in [2.24, 2.45) is 0 Å². The molecule has 0 saturated carbocycles. The molecule has 0 aliphatic carbocycles. The van der Waals surface area contributed by atoms with E-state index in [2.05, 4.69) is 39.5 Å². The molecule has 2 unspecified atom stereocenters. The van der Waals surface area contributed by atoms with Gasteiger partial charge in [-0.1, -0.05) is 0 Å². The smallest absolute Gasteiger partial charge is 0.179 e. The number of imidazole rings is 1. The summed E-state index contributed by atoms with van der Waals surface area (Å²) < 4.78 is 3.02. The molecule has 1 aliphatic heterocycles. The molecule has 4 nitrogen and oxygen atoms in total. The number of piperidine rings is 1. The normalized spacial score (nSPS) is 25.0. The second kappa shape index (κ2) is 4.72. The molecule has 102 valence electrons. The Morgan fingerprint density at radius 2 is 2.21 bits per heavy atom. The summed E-state index contributed by atoms with van der Waals surface area (Å²) in [6, 6.07) is 5.15. The van der Waals surface area contributed by atoms with E-state index in [1.807, 2.05) is 13.0 Å². The van der Waals surface area contributed by atoms with Crippen molar-refractivity contribution >= 4 is 23.4 Å². The van der Waals surface area contributed by atoms with Crippen molar-refractivity contribution in [3.63, 3.8) is 0 Å². The quantitative estimate of drug-likeness (QED) is 0.813. The summed E-state index contributed by atoms with van der Waals surface area (Å²) >= 11 is 5.50. The number of hydrogen-bond donors (Lipinski definition) is 1. The van der Waals surface area contributed by atoms with E-state index in [9.17, 15) is 0 Å². The van der Waals surface area contributed by atoms with E-state index in [1.54, 1.807) is 0 Å². The highest BCUT2D eigenvalue weighted by atomic mass is 32.1. The lowest BCUT2D eigenvalue weighted by Gasteiger charge is -2.35. The maximum Gasteiger partial charge on any atom is 0.179 e. The Morgan fingerprint density at radius 3 is 2.95 bits per heavy atom. The fourth-order valence-corrected chi connectivity index (χ4v) is 3.28. The van der Waals surface area contributed by atoms with Crippen LogP contribution in [0, 0.1) is 11.7 Å². The van der Waals surface area contributed by atoms with Gasteiger partial charge in [0, 0.05) is 24.3 Å². The van der Waals surface area contributed by atoms with Crippen LogP contribution in [0.15, 0.2) is 12.1 Å². The standard InChI is InChI=1S/C14H20N4S/c1-9-4-5-12-13(15-9)18(14(19)16-12)11-6-7-17(3)10(2)8-11/h4-5,10-11H,6-8H2,1-3H3,(H,16,19). The number of H-pyrrole nitrogens is 1. The fourth-order valence-electron chi connectivity index (χ4n) is 2.93. The van der Waals surface area contributed by atoms with Crippen molar-refractivity contribution in [1.29, 1.82) is 0 Å². The van der Waals surface area contributed by atoms with Crippen molar-refractivity contribution in [3.05, 3.63) is 22.6 Å². The molecule has 2 aromatic rings. The number of nitrogens with one attached hydrogen (secondary N) is 1. The maximum absolute atomic E-state index is 5.50. The highest BCUT2D eigenvalue weighted by molar-refractivity contribution is 7.71. The Labute approximate surface area is 118 Å².